The summed E-state index contributed by atoms with van der Waals surface area (Å²) in [5.41, 5.74) is 9.96. The number of benzene rings is 4. The molecule has 1 aliphatic rings. The normalized spacial score (nSPS) is 11.9. The van der Waals surface area contributed by atoms with Crippen LogP contribution in [-0.2, 0) is 6.54 Å². The van der Waals surface area contributed by atoms with Gasteiger partial charge in [0, 0.05) is 45.5 Å². The second-order valence-corrected chi connectivity index (χ2v) is 7.53. The summed E-state index contributed by atoms with van der Waals surface area (Å²) < 4.78 is 2.47. The van der Waals surface area contributed by atoms with Crippen LogP contribution in [0.1, 0.15) is 5.56 Å². The molecule has 2 nitrogen and oxygen atoms in total. The van der Waals surface area contributed by atoms with Crippen LogP contribution in [0.5, 0.6) is 0 Å². The molecule has 6 rings (SSSR count). The van der Waals surface area contributed by atoms with E-state index in [0.717, 1.165) is 17.9 Å². The Kier molecular flexibility index (Phi) is 3.57. The average Bonchev–Trinajstić information content (AvgIpc) is 3.00. The van der Waals surface area contributed by atoms with Gasteiger partial charge in [0.15, 0.2) is 0 Å². The van der Waals surface area contributed by atoms with E-state index < -0.39 is 0 Å². The zero-order valence-corrected chi connectivity index (χ0v) is 16.0. The van der Waals surface area contributed by atoms with Crippen LogP contribution in [0.2, 0.25) is 0 Å². The molecule has 0 aliphatic carbocycles. The van der Waals surface area contributed by atoms with Crippen LogP contribution < -0.4 is 5.32 Å². The minimum atomic E-state index is 0.840. The van der Waals surface area contributed by atoms with Gasteiger partial charge < -0.3 is 9.88 Å². The Labute approximate surface area is 170 Å². The zero-order chi connectivity index (χ0) is 19.2. The van der Waals surface area contributed by atoms with Crippen LogP contribution in [0.15, 0.2) is 103 Å². The van der Waals surface area contributed by atoms with E-state index in [0.29, 0.717) is 0 Å². The summed E-state index contributed by atoms with van der Waals surface area (Å²) in [6, 6.07) is 36.7. The third-order valence-corrected chi connectivity index (χ3v) is 5.80. The maximum Gasteiger partial charge on any atom is 0.0596 e. The van der Waals surface area contributed by atoms with Gasteiger partial charge in [-0.05, 0) is 23.8 Å². The third-order valence-electron chi connectivity index (χ3n) is 5.80. The van der Waals surface area contributed by atoms with Crippen LogP contribution in [-0.4, -0.2) is 4.57 Å². The highest BCUT2D eigenvalue weighted by atomic mass is 15.0. The molecule has 0 saturated carbocycles. The molecule has 2 heteroatoms. The Morgan fingerprint density at radius 3 is 2.03 bits per heavy atom. The largest absolute Gasteiger partial charge is 0.354 e. The maximum absolute atomic E-state index is 3.68. The van der Waals surface area contributed by atoms with E-state index in [9.17, 15) is 0 Å². The van der Waals surface area contributed by atoms with Gasteiger partial charge in [0.1, 0.15) is 0 Å². The van der Waals surface area contributed by atoms with Gasteiger partial charge in [-0.15, -0.1) is 0 Å². The van der Waals surface area contributed by atoms with Crippen molar-refractivity contribution in [1.82, 2.24) is 4.57 Å². The maximum atomic E-state index is 3.68. The van der Waals surface area contributed by atoms with Crippen LogP contribution in [0.3, 0.4) is 0 Å². The molecular formula is C27H20N2. The number of hydrogen-bond acceptors (Lipinski definition) is 1. The van der Waals surface area contributed by atoms with Crippen molar-refractivity contribution in [2.75, 3.05) is 5.32 Å². The summed E-state index contributed by atoms with van der Waals surface area (Å²) in [5.74, 6) is 0. The second-order valence-electron chi connectivity index (χ2n) is 7.53. The van der Waals surface area contributed by atoms with Crippen LogP contribution in [0.4, 0.5) is 11.4 Å². The molecule has 29 heavy (non-hydrogen) atoms. The van der Waals surface area contributed by atoms with Crippen molar-refractivity contribution in [1.29, 1.82) is 0 Å². The van der Waals surface area contributed by atoms with E-state index in [1.54, 1.807) is 0 Å². The second kappa shape index (κ2) is 6.39. The fourth-order valence-electron chi connectivity index (χ4n) is 4.54. The monoisotopic (exact) mass is 372 g/mol. The van der Waals surface area contributed by atoms with Gasteiger partial charge in [-0.2, -0.15) is 0 Å². The highest BCUT2D eigenvalue weighted by Crippen LogP contribution is 2.48. The van der Waals surface area contributed by atoms with Gasteiger partial charge in [-0.25, -0.2) is 0 Å². The number of para-hydroxylation sites is 3. The number of rotatable bonds is 2. The van der Waals surface area contributed by atoms with E-state index in [2.05, 4.69) is 113 Å². The Hall–Kier alpha value is -3.78. The van der Waals surface area contributed by atoms with Crippen molar-refractivity contribution in [3.63, 3.8) is 0 Å². The van der Waals surface area contributed by atoms with Crippen LogP contribution >= 0.6 is 0 Å². The zero-order valence-electron chi connectivity index (χ0n) is 16.0. The van der Waals surface area contributed by atoms with Gasteiger partial charge in [0.25, 0.3) is 0 Å². The first-order valence-electron chi connectivity index (χ1n) is 10.0. The van der Waals surface area contributed by atoms with Gasteiger partial charge >= 0.3 is 0 Å². The molecule has 0 atom stereocenters. The van der Waals surface area contributed by atoms with Crippen molar-refractivity contribution >= 4 is 22.3 Å². The number of aromatic nitrogens is 1. The molecule has 4 aromatic carbocycles. The van der Waals surface area contributed by atoms with Crippen LogP contribution in [0.25, 0.3) is 33.3 Å². The first-order chi connectivity index (χ1) is 14.4. The van der Waals surface area contributed by atoms with Crippen molar-refractivity contribution in [2.45, 2.75) is 6.54 Å². The Bertz CT molecular complexity index is 1350. The fraction of sp³-hybridized carbons (Fsp3) is 0.0370. The molecule has 0 fully saturated rings. The Morgan fingerprint density at radius 1 is 0.586 bits per heavy atom. The number of anilines is 2. The molecular weight excluding hydrogens is 352 g/mol. The predicted octanol–water partition coefficient (Wildman–Crippen LogP) is 7.08. The average molecular weight is 372 g/mol. The lowest BCUT2D eigenvalue weighted by Crippen LogP contribution is -2.02. The first kappa shape index (κ1) is 16.2. The smallest absolute Gasteiger partial charge is 0.0596 e. The minimum Gasteiger partial charge on any atom is -0.354 e. The molecule has 0 unspecified atom stereocenters. The SMILES string of the molecule is c1ccc(Cn2c3c(c4ccccc42)-c2ccccc2Nc2ccccc2-3)cc1. The van der Waals surface area contributed by atoms with Crippen molar-refractivity contribution in [2.24, 2.45) is 0 Å². The topological polar surface area (TPSA) is 17.0 Å². The van der Waals surface area contributed by atoms with E-state index in [1.807, 2.05) is 0 Å². The molecule has 2 heterocycles. The summed E-state index contributed by atoms with van der Waals surface area (Å²) in [6.45, 7) is 0.840. The van der Waals surface area contributed by atoms with Crippen molar-refractivity contribution in [3.05, 3.63) is 109 Å². The van der Waals surface area contributed by atoms with E-state index >= 15 is 0 Å². The summed E-state index contributed by atoms with van der Waals surface area (Å²) in [5, 5.41) is 4.97. The molecule has 0 radical (unpaired) electrons. The third kappa shape index (κ3) is 2.50. The lowest BCUT2D eigenvalue weighted by molar-refractivity contribution is 0.846. The molecule has 0 amide bonds. The van der Waals surface area contributed by atoms with E-state index in [1.165, 1.54) is 38.9 Å². The minimum absolute atomic E-state index is 0.840. The van der Waals surface area contributed by atoms with Crippen molar-refractivity contribution in [3.8, 4) is 22.4 Å². The highest BCUT2D eigenvalue weighted by molar-refractivity contribution is 6.10. The first-order valence-corrected chi connectivity index (χ1v) is 10.0. The number of hydrogen-bond donors (Lipinski definition) is 1. The lowest BCUT2D eigenvalue weighted by atomic mass is 9.98. The van der Waals surface area contributed by atoms with Gasteiger partial charge in [0.2, 0.25) is 0 Å². The van der Waals surface area contributed by atoms with E-state index in [4.69, 9.17) is 0 Å². The van der Waals surface area contributed by atoms with Gasteiger partial charge in [-0.1, -0.05) is 84.9 Å². The molecule has 1 aromatic heterocycles. The summed E-state index contributed by atoms with van der Waals surface area (Å²) in [7, 11) is 0. The fourth-order valence-corrected chi connectivity index (χ4v) is 4.54. The molecule has 138 valence electrons. The van der Waals surface area contributed by atoms with Gasteiger partial charge in [0.05, 0.1) is 5.69 Å². The van der Waals surface area contributed by atoms with Gasteiger partial charge in [-0.3, -0.25) is 0 Å². The number of nitrogens with zero attached hydrogens (tertiary/aromatic N) is 1. The van der Waals surface area contributed by atoms with Crippen LogP contribution in [0, 0.1) is 0 Å². The molecule has 1 aliphatic heterocycles. The molecule has 0 saturated heterocycles. The lowest BCUT2D eigenvalue weighted by Gasteiger charge is -2.14. The molecule has 0 spiro atoms. The Morgan fingerprint density at radius 2 is 1.21 bits per heavy atom. The molecule has 5 aromatic rings. The molecule has 1 N–H and O–H groups in total. The molecule has 0 bridgehead atoms. The predicted molar refractivity (Wildman–Crippen MR) is 122 cm³/mol. The van der Waals surface area contributed by atoms with Crippen molar-refractivity contribution < 1.29 is 0 Å². The summed E-state index contributed by atoms with van der Waals surface area (Å²) in [6.07, 6.45) is 0. The standard InChI is InChI=1S/C27H20N2/c1-2-10-19(11-3-1)18-29-25-17-9-6-14-22(25)26-20-12-4-7-15-23(20)28-24-16-8-5-13-21(24)27(26)29/h1-17,28H,18H2. The number of nitrogens with one attached hydrogen (secondary N) is 1. The quantitative estimate of drug-likeness (QED) is 0.344. The Balaban J connectivity index is 1.76. The van der Waals surface area contributed by atoms with E-state index in [-0.39, 0.29) is 0 Å². The number of fused-ring (bicyclic) bond motifs is 7. The highest BCUT2D eigenvalue weighted by Gasteiger charge is 2.25. The summed E-state index contributed by atoms with van der Waals surface area (Å²) >= 11 is 0. The summed E-state index contributed by atoms with van der Waals surface area (Å²) in [4.78, 5) is 0.